The van der Waals surface area contributed by atoms with Crippen molar-refractivity contribution in [3.8, 4) is 11.5 Å². The van der Waals surface area contributed by atoms with Crippen LogP contribution in [0.4, 0.5) is 0 Å². The summed E-state index contributed by atoms with van der Waals surface area (Å²) in [5, 5.41) is 3.29. The third kappa shape index (κ3) is 3.09. The van der Waals surface area contributed by atoms with E-state index < -0.39 is 0 Å². The number of hydrogen-bond acceptors (Lipinski definition) is 4. The van der Waals surface area contributed by atoms with Crippen molar-refractivity contribution in [1.82, 2.24) is 5.32 Å². The van der Waals surface area contributed by atoms with Crippen LogP contribution in [0.3, 0.4) is 0 Å². The van der Waals surface area contributed by atoms with Gasteiger partial charge in [-0.05, 0) is 37.2 Å². The largest absolute Gasteiger partial charge is 0.493 e. The highest BCUT2D eigenvalue weighted by molar-refractivity contribution is 5.43. The summed E-state index contributed by atoms with van der Waals surface area (Å²) in [7, 11) is 5.23. The van der Waals surface area contributed by atoms with E-state index in [0.717, 1.165) is 23.5 Å². The highest BCUT2D eigenvalue weighted by Gasteiger charge is 2.13. The number of furan rings is 1. The summed E-state index contributed by atoms with van der Waals surface area (Å²) in [4.78, 5) is 0. The maximum Gasteiger partial charge on any atom is 0.160 e. The number of nitrogens with one attached hydrogen (secondary N) is 1. The van der Waals surface area contributed by atoms with E-state index in [1.807, 2.05) is 31.3 Å². The van der Waals surface area contributed by atoms with E-state index in [1.54, 1.807) is 26.7 Å². The van der Waals surface area contributed by atoms with Gasteiger partial charge in [-0.25, -0.2) is 0 Å². The Hall–Kier alpha value is -1.94. The summed E-state index contributed by atoms with van der Waals surface area (Å²) in [6, 6.07) is 8.17. The van der Waals surface area contributed by atoms with Crippen LogP contribution in [0.1, 0.15) is 17.2 Å². The molecule has 1 aromatic carbocycles. The molecule has 0 aliphatic rings. The molecule has 0 fully saturated rings. The van der Waals surface area contributed by atoms with Crippen molar-refractivity contribution in [2.45, 2.75) is 12.5 Å². The first-order valence-corrected chi connectivity index (χ1v) is 6.18. The Kier molecular flexibility index (Phi) is 4.47. The zero-order chi connectivity index (χ0) is 13.7. The van der Waals surface area contributed by atoms with E-state index in [2.05, 4.69) is 5.32 Å². The summed E-state index contributed by atoms with van der Waals surface area (Å²) in [5.74, 6) is 1.50. The summed E-state index contributed by atoms with van der Waals surface area (Å²) in [6.07, 6.45) is 4.31. The Morgan fingerprint density at radius 3 is 2.53 bits per heavy atom. The fourth-order valence-corrected chi connectivity index (χ4v) is 2.10. The van der Waals surface area contributed by atoms with Crippen LogP contribution in [-0.4, -0.2) is 21.3 Å². The van der Waals surface area contributed by atoms with Gasteiger partial charge < -0.3 is 19.2 Å². The first-order chi connectivity index (χ1) is 9.28. The van der Waals surface area contributed by atoms with Gasteiger partial charge in [0.05, 0.1) is 26.7 Å². The molecule has 2 rings (SSSR count). The van der Waals surface area contributed by atoms with Crippen LogP contribution >= 0.6 is 0 Å². The molecule has 2 aromatic rings. The van der Waals surface area contributed by atoms with Crippen molar-refractivity contribution < 1.29 is 13.9 Å². The molecule has 0 aliphatic heterocycles. The van der Waals surface area contributed by atoms with Gasteiger partial charge in [0.25, 0.3) is 0 Å². The average molecular weight is 261 g/mol. The molecule has 1 unspecified atom stereocenters. The molecule has 1 heterocycles. The van der Waals surface area contributed by atoms with E-state index in [1.165, 1.54) is 5.56 Å². The summed E-state index contributed by atoms with van der Waals surface area (Å²) < 4.78 is 15.7. The van der Waals surface area contributed by atoms with Crippen LogP contribution < -0.4 is 14.8 Å². The maximum absolute atomic E-state index is 5.32. The van der Waals surface area contributed by atoms with Crippen LogP contribution in [0, 0.1) is 0 Å². The SMILES string of the molecule is CNC(Cc1ccc(OC)c(OC)c1)c1ccoc1. The maximum atomic E-state index is 5.32. The zero-order valence-electron chi connectivity index (χ0n) is 11.5. The molecule has 0 aliphatic carbocycles. The Balaban J connectivity index is 2.18. The quantitative estimate of drug-likeness (QED) is 0.868. The second-order valence-corrected chi connectivity index (χ2v) is 4.29. The van der Waals surface area contributed by atoms with E-state index >= 15 is 0 Å². The minimum Gasteiger partial charge on any atom is -0.493 e. The van der Waals surface area contributed by atoms with E-state index in [-0.39, 0.29) is 6.04 Å². The minimum atomic E-state index is 0.219. The lowest BCUT2D eigenvalue weighted by atomic mass is 10.0. The van der Waals surface area contributed by atoms with Gasteiger partial charge >= 0.3 is 0 Å². The first kappa shape index (κ1) is 13.5. The monoisotopic (exact) mass is 261 g/mol. The summed E-state index contributed by atoms with van der Waals surface area (Å²) >= 11 is 0. The van der Waals surface area contributed by atoms with Crippen molar-refractivity contribution in [1.29, 1.82) is 0 Å². The van der Waals surface area contributed by atoms with Crippen LogP contribution in [-0.2, 0) is 6.42 Å². The molecule has 0 saturated heterocycles. The summed E-state index contributed by atoms with van der Waals surface area (Å²) in [5.41, 5.74) is 2.32. The molecule has 0 amide bonds. The van der Waals surface area contributed by atoms with E-state index in [0.29, 0.717) is 0 Å². The highest BCUT2D eigenvalue weighted by atomic mass is 16.5. The van der Waals surface area contributed by atoms with Crippen molar-refractivity contribution >= 4 is 0 Å². The molecule has 0 bridgehead atoms. The lowest BCUT2D eigenvalue weighted by molar-refractivity contribution is 0.354. The van der Waals surface area contributed by atoms with Crippen molar-refractivity contribution in [3.05, 3.63) is 47.9 Å². The first-order valence-electron chi connectivity index (χ1n) is 6.18. The molecule has 1 N–H and O–H groups in total. The Morgan fingerprint density at radius 1 is 1.16 bits per heavy atom. The predicted octanol–water partition coefficient (Wildman–Crippen LogP) is 2.80. The van der Waals surface area contributed by atoms with Crippen molar-refractivity contribution in [2.75, 3.05) is 21.3 Å². The number of likely N-dealkylation sites (N-methyl/N-ethyl adjacent to an activating group) is 1. The van der Waals surface area contributed by atoms with Crippen molar-refractivity contribution in [2.24, 2.45) is 0 Å². The molecular formula is C15H19NO3. The summed E-state index contributed by atoms with van der Waals surface area (Å²) in [6.45, 7) is 0. The highest BCUT2D eigenvalue weighted by Crippen LogP contribution is 2.29. The van der Waals surface area contributed by atoms with Crippen LogP contribution in [0.2, 0.25) is 0 Å². The second-order valence-electron chi connectivity index (χ2n) is 4.29. The van der Waals surface area contributed by atoms with Gasteiger partial charge in [-0.3, -0.25) is 0 Å². The third-order valence-corrected chi connectivity index (χ3v) is 3.18. The standard InChI is InChI=1S/C15H19NO3/c1-16-13(12-6-7-19-10-12)8-11-4-5-14(17-2)15(9-11)18-3/h4-7,9-10,13,16H,8H2,1-3H3. The van der Waals surface area contributed by atoms with E-state index in [4.69, 9.17) is 13.9 Å². The Morgan fingerprint density at radius 2 is 1.95 bits per heavy atom. The average Bonchev–Trinajstić information content (AvgIpc) is 2.98. The predicted molar refractivity (Wildman–Crippen MR) is 73.8 cm³/mol. The van der Waals surface area contributed by atoms with Crippen LogP contribution in [0.5, 0.6) is 11.5 Å². The lowest BCUT2D eigenvalue weighted by Gasteiger charge is -2.16. The van der Waals surface area contributed by atoms with Gasteiger partial charge in [0.15, 0.2) is 11.5 Å². The number of benzene rings is 1. The van der Waals surface area contributed by atoms with Gasteiger partial charge in [0.1, 0.15) is 0 Å². The van der Waals surface area contributed by atoms with Crippen molar-refractivity contribution in [3.63, 3.8) is 0 Å². The van der Waals surface area contributed by atoms with Gasteiger partial charge in [-0.15, -0.1) is 0 Å². The number of ether oxygens (including phenoxy) is 2. The Bertz CT molecular complexity index is 508. The Labute approximate surface area is 113 Å². The molecule has 1 aromatic heterocycles. The third-order valence-electron chi connectivity index (χ3n) is 3.18. The van der Waals surface area contributed by atoms with Gasteiger partial charge in [0.2, 0.25) is 0 Å². The molecule has 0 spiro atoms. The topological polar surface area (TPSA) is 43.6 Å². The molecule has 4 nitrogen and oxygen atoms in total. The van der Waals surface area contributed by atoms with Gasteiger partial charge in [-0.1, -0.05) is 6.07 Å². The molecule has 4 heteroatoms. The fraction of sp³-hybridized carbons (Fsp3) is 0.333. The molecule has 0 saturated carbocycles. The number of methoxy groups -OCH3 is 2. The minimum absolute atomic E-state index is 0.219. The molecular weight excluding hydrogens is 242 g/mol. The van der Waals surface area contributed by atoms with Gasteiger partial charge in [0, 0.05) is 11.6 Å². The van der Waals surface area contributed by atoms with E-state index in [9.17, 15) is 0 Å². The molecule has 0 radical (unpaired) electrons. The number of hydrogen-bond donors (Lipinski definition) is 1. The van der Waals surface area contributed by atoms with Crippen LogP contribution in [0.25, 0.3) is 0 Å². The zero-order valence-corrected chi connectivity index (χ0v) is 11.5. The fourth-order valence-electron chi connectivity index (χ4n) is 2.10. The smallest absolute Gasteiger partial charge is 0.160 e. The van der Waals surface area contributed by atoms with Crippen LogP contribution in [0.15, 0.2) is 41.2 Å². The molecule has 19 heavy (non-hydrogen) atoms. The second kappa shape index (κ2) is 6.29. The molecule has 1 atom stereocenters. The normalized spacial score (nSPS) is 12.2. The lowest BCUT2D eigenvalue weighted by Crippen LogP contribution is -2.18. The molecule has 102 valence electrons. The number of rotatable bonds is 6. The van der Waals surface area contributed by atoms with Gasteiger partial charge in [-0.2, -0.15) is 0 Å².